The summed E-state index contributed by atoms with van der Waals surface area (Å²) in [6, 6.07) is 3.77. The Bertz CT molecular complexity index is 464. The maximum Gasteiger partial charge on any atom is 0.153 e. The van der Waals surface area contributed by atoms with Crippen molar-refractivity contribution in [2.24, 2.45) is 5.73 Å². The Morgan fingerprint density at radius 1 is 1.53 bits per heavy atom. The third kappa shape index (κ3) is 2.16. The van der Waals surface area contributed by atoms with E-state index in [1.165, 1.54) is 0 Å². The molecule has 0 saturated heterocycles. The minimum Gasteiger partial charge on any atom is -0.324 e. The van der Waals surface area contributed by atoms with Crippen molar-refractivity contribution in [3.63, 3.8) is 0 Å². The van der Waals surface area contributed by atoms with Crippen LogP contribution < -0.4 is 5.73 Å². The first-order valence-electron chi connectivity index (χ1n) is 4.59. The zero-order chi connectivity index (χ0) is 10.8. The summed E-state index contributed by atoms with van der Waals surface area (Å²) in [6.45, 7) is 1.93. The molecule has 0 saturated carbocycles. The number of nitrogens with two attached hydrogens (primary N) is 1. The van der Waals surface area contributed by atoms with Gasteiger partial charge >= 0.3 is 0 Å². The van der Waals surface area contributed by atoms with Gasteiger partial charge in [-0.25, -0.2) is 9.67 Å². The monoisotopic (exact) mass is 222 g/mol. The van der Waals surface area contributed by atoms with Gasteiger partial charge in [0, 0.05) is 12.2 Å². The molecule has 1 atom stereocenters. The highest BCUT2D eigenvalue weighted by molar-refractivity contribution is 6.30. The molecule has 0 aromatic carbocycles. The fraction of sp³-hybridized carbons (Fsp3) is 0.200. The number of hydrogen-bond acceptors (Lipinski definition) is 3. The quantitative estimate of drug-likeness (QED) is 0.845. The van der Waals surface area contributed by atoms with Crippen LogP contribution in [0.5, 0.6) is 0 Å². The Kier molecular flexibility index (Phi) is 2.70. The molecule has 2 N–H and O–H groups in total. The summed E-state index contributed by atoms with van der Waals surface area (Å²) in [5, 5.41) is 4.65. The SMILES string of the molecule is CC(N)c1ccnc(-n2cc(Cl)cn2)c1. The van der Waals surface area contributed by atoms with E-state index in [9.17, 15) is 0 Å². The van der Waals surface area contributed by atoms with Crippen molar-refractivity contribution in [2.75, 3.05) is 0 Å². The highest BCUT2D eigenvalue weighted by Gasteiger charge is 2.04. The van der Waals surface area contributed by atoms with E-state index in [-0.39, 0.29) is 6.04 Å². The molecule has 5 heteroatoms. The van der Waals surface area contributed by atoms with E-state index in [1.54, 1.807) is 23.3 Å². The first-order chi connectivity index (χ1) is 7.16. The number of halogens is 1. The van der Waals surface area contributed by atoms with E-state index in [4.69, 9.17) is 17.3 Å². The van der Waals surface area contributed by atoms with Gasteiger partial charge in [0.05, 0.1) is 17.4 Å². The van der Waals surface area contributed by atoms with E-state index in [1.807, 2.05) is 19.1 Å². The van der Waals surface area contributed by atoms with E-state index in [2.05, 4.69) is 10.1 Å². The summed E-state index contributed by atoms with van der Waals surface area (Å²) in [4.78, 5) is 4.19. The Hall–Kier alpha value is -1.39. The number of aromatic nitrogens is 3. The Morgan fingerprint density at radius 3 is 2.93 bits per heavy atom. The highest BCUT2D eigenvalue weighted by atomic mass is 35.5. The third-order valence-electron chi connectivity index (χ3n) is 2.08. The Morgan fingerprint density at radius 2 is 2.33 bits per heavy atom. The molecule has 0 radical (unpaired) electrons. The van der Waals surface area contributed by atoms with Gasteiger partial charge in [0.1, 0.15) is 0 Å². The van der Waals surface area contributed by atoms with Crippen LogP contribution in [0, 0.1) is 0 Å². The summed E-state index contributed by atoms with van der Waals surface area (Å²) in [7, 11) is 0. The van der Waals surface area contributed by atoms with Crippen LogP contribution in [-0.2, 0) is 0 Å². The van der Waals surface area contributed by atoms with Crippen LogP contribution in [0.3, 0.4) is 0 Å². The standard InChI is InChI=1S/C10H11ClN4/c1-7(12)8-2-3-13-10(4-8)15-6-9(11)5-14-15/h2-7H,12H2,1H3. The predicted octanol–water partition coefficient (Wildman–Crippen LogP) is 1.94. The van der Waals surface area contributed by atoms with Crippen molar-refractivity contribution in [3.05, 3.63) is 41.3 Å². The Balaban J connectivity index is 2.41. The van der Waals surface area contributed by atoms with Crippen LogP contribution in [0.4, 0.5) is 0 Å². The van der Waals surface area contributed by atoms with Gasteiger partial charge in [-0.1, -0.05) is 11.6 Å². The topological polar surface area (TPSA) is 56.7 Å². The van der Waals surface area contributed by atoms with Gasteiger partial charge in [-0.15, -0.1) is 0 Å². The molecule has 0 fully saturated rings. The summed E-state index contributed by atoms with van der Waals surface area (Å²) in [6.07, 6.45) is 4.99. The number of pyridine rings is 1. The molecule has 0 spiro atoms. The molecule has 1 unspecified atom stereocenters. The lowest BCUT2D eigenvalue weighted by atomic mass is 10.1. The molecule has 0 aliphatic carbocycles. The average molecular weight is 223 g/mol. The van der Waals surface area contributed by atoms with Gasteiger partial charge in [0.25, 0.3) is 0 Å². The molecular formula is C10H11ClN4. The normalized spacial score (nSPS) is 12.7. The van der Waals surface area contributed by atoms with Gasteiger partial charge in [0.15, 0.2) is 5.82 Å². The van der Waals surface area contributed by atoms with Crippen molar-refractivity contribution in [1.29, 1.82) is 0 Å². The fourth-order valence-corrected chi connectivity index (χ4v) is 1.40. The smallest absolute Gasteiger partial charge is 0.153 e. The van der Waals surface area contributed by atoms with Crippen LogP contribution >= 0.6 is 11.6 Å². The van der Waals surface area contributed by atoms with Gasteiger partial charge in [-0.05, 0) is 24.6 Å². The summed E-state index contributed by atoms with van der Waals surface area (Å²) < 4.78 is 1.62. The van der Waals surface area contributed by atoms with Gasteiger partial charge in [-0.2, -0.15) is 5.10 Å². The molecule has 2 heterocycles. The lowest BCUT2D eigenvalue weighted by Gasteiger charge is -2.06. The van der Waals surface area contributed by atoms with Crippen LogP contribution in [0.25, 0.3) is 5.82 Å². The predicted molar refractivity (Wildman–Crippen MR) is 59.0 cm³/mol. The first-order valence-corrected chi connectivity index (χ1v) is 4.96. The van der Waals surface area contributed by atoms with Crippen LogP contribution in [0.2, 0.25) is 5.02 Å². The van der Waals surface area contributed by atoms with E-state index in [0.717, 1.165) is 11.4 Å². The van der Waals surface area contributed by atoms with Crippen molar-refractivity contribution >= 4 is 11.6 Å². The van der Waals surface area contributed by atoms with Crippen LogP contribution in [0.1, 0.15) is 18.5 Å². The van der Waals surface area contributed by atoms with Crippen molar-refractivity contribution in [3.8, 4) is 5.82 Å². The van der Waals surface area contributed by atoms with Crippen molar-refractivity contribution in [2.45, 2.75) is 13.0 Å². The molecule has 0 aliphatic heterocycles. The number of rotatable bonds is 2. The van der Waals surface area contributed by atoms with Gasteiger partial charge in [-0.3, -0.25) is 0 Å². The zero-order valence-corrected chi connectivity index (χ0v) is 9.02. The molecule has 0 amide bonds. The second kappa shape index (κ2) is 4.00. The lowest BCUT2D eigenvalue weighted by molar-refractivity contribution is 0.796. The molecule has 78 valence electrons. The summed E-state index contributed by atoms with van der Waals surface area (Å²) >= 11 is 5.78. The van der Waals surface area contributed by atoms with E-state index >= 15 is 0 Å². The average Bonchev–Trinajstić information content (AvgIpc) is 2.65. The zero-order valence-electron chi connectivity index (χ0n) is 8.26. The van der Waals surface area contributed by atoms with Crippen molar-refractivity contribution < 1.29 is 0 Å². The molecule has 0 aliphatic rings. The van der Waals surface area contributed by atoms with Gasteiger partial charge < -0.3 is 5.73 Å². The molecule has 2 aromatic heterocycles. The molecule has 0 bridgehead atoms. The van der Waals surface area contributed by atoms with Gasteiger partial charge in [0.2, 0.25) is 0 Å². The van der Waals surface area contributed by atoms with Crippen molar-refractivity contribution in [1.82, 2.24) is 14.8 Å². The second-order valence-corrected chi connectivity index (χ2v) is 3.78. The van der Waals surface area contributed by atoms with Crippen LogP contribution in [0.15, 0.2) is 30.7 Å². The molecule has 2 aromatic rings. The largest absolute Gasteiger partial charge is 0.324 e. The Labute approximate surface area is 92.7 Å². The first kappa shape index (κ1) is 10.1. The summed E-state index contributed by atoms with van der Waals surface area (Å²) in [5.74, 6) is 0.719. The third-order valence-corrected chi connectivity index (χ3v) is 2.28. The number of nitrogens with zero attached hydrogens (tertiary/aromatic N) is 3. The molecule has 4 nitrogen and oxygen atoms in total. The van der Waals surface area contributed by atoms with Crippen LogP contribution in [-0.4, -0.2) is 14.8 Å². The minimum atomic E-state index is -0.0159. The highest BCUT2D eigenvalue weighted by Crippen LogP contribution is 2.14. The lowest BCUT2D eigenvalue weighted by Crippen LogP contribution is -2.07. The fourth-order valence-electron chi connectivity index (χ4n) is 1.27. The minimum absolute atomic E-state index is 0.0159. The van der Waals surface area contributed by atoms with E-state index < -0.39 is 0 Å². The summed E-state index contributed by atoms with van der Waals surface area (Å²) in [5.41, 5.74) is 6.80. The second-order valence-electron chi connectivity index (χ2n) is 3.34. The maximum atomic E-state index is 5.78. The molecule has 15 heavy (non-hydrogen) atoms. The number of hydrogen-bond donors (Lipinski definition) is 1. The molecular weight excluding hydrogens is 212 g/mol. The maximum absolute atomic E-state index is 5.78. The van der Waals surface area contributed by atoms with E-state index in [0.29, 0.717) is 5.02 Å². The molecule has 2 rings (SSSR count).